The van der Waals surface area contributed by atoms with Crippen molar-refractivity contribution in [3.63, 3.8) is 0 Å². The van der Waals surface area contributed by atoms with Crippen LogP contribution in [0.1, 0.15) is 35.0 Å². The first kappa shape index (κ1) is 25.4. The minimum Gasteiger partial charge on any atom is -0.457 e. The van der Waals surface area contributed by atoms with Crippen molar-refractivity contribution >= 4 is 11.6 Å². The van der Waals surface area contributed by atoms with Gasteiger partial charge in [0, 0.05) is 36.1 Å². The predicted molar refractivity (Wildman–Crippen MR) is 114 cm³/mol. The molecule has 1 amide bonds. The Bertz CT molecular complexity index is 1230. The van der Waals surface area contributed by atoms with Gasteiger partial charge in [-0.05, 0) is 30.7 Å². The summed E-state index contributed by atoms with van der Waals surface area (Å²) in [6, 6.07) is 3.68. The molecule has 1 aliphatic rings. The van der Waals surface area contributed by atoms with Crippen LogP contribution in [0.15, 0.2) is 42.9 Å². The third-order valence-corrected chi connectivity index (χ3v) is 5.24. The van der Waals surface area contributed by atoms with Crippen LogP contribution in [0, 0.1) is 11.6 Å². The van der Waals surface area contributed by atoms with E-state index in [0.717, 1.165) is 30.6 Å². The standard InChI is InChI=1S/C23H18F6N4O3/c24-13-1-2-16(25)15(7-13)14-4-6-30-20(17-3-5-23(28,29)11-36-17)19(14)33-21(34)12-8-31-22(32-9-12)35-10-18(26)27/h1-2,4,6-9,17-18H,3,5,10-11H2,(H,33,34)/t17-/m1/s1. The molecule has 2 aromatic heterocycles. The van der Waals surface area contributed by atoms with Crippen molar-refractivity contribution in [1.82, 2.24) is 15.0 Å². The fourth-order valence-corrected chi connectivity index (χ4v) is 3.55. The summed E-state index contributed by atoms with van der Waals surface area (Å²) in [6.07, 6.45) is -1.06. The second-order valence-corrected chi connectivity index (χ2v) is 7.85. The van der Waals surface area contributed by atoms with Crippen LogP contribution in [-0.2, 0) is 4.74 Å². The van der Waals surface area contributed by atoms with E-state index in [9.17, 15) is 31.1 Å². The summed E-state index contributed by atoms with van der Waals surface area (Å²) in [5.74, 6) is -5.39. The number of amides is 1. The normalized spacial score (nSPS) is 17.1. The molecule has 0 aliphatic carbocycles. The van der Waals surface area contributed by atoms with Crippen LogP contribution >= 0.6 is 0 Å². The number of alkyl halides is 4. The van der Waals surface area contributed by atoms with Gasteiger partial charge < -0.3 is 14.8 Å². The van der Waals surface area contributed by atoms with Gasteiger partial charge >= 0.3 is 6.01 Å². The molecule has 0 spiro atoms. The zero-order chi connectivity index (χ0) is 25.9. The van der Waals surface area contributed by atoms with E-state index < -0.39 is 55.6 Å². The molecular formula is C23H18F6N4O3. The Hall–Kier alpha value is -3.74. The van der Waals surface area contributed by atoms with E-state index in [1.54, 1.807) is 0 Å². The topological polar surface area (TPSA) is 86.2 Å². The van der Waals surface area contributed by atoms with Crippen molar-refractivity contribution in [3.05, 3.63) is 65.7 Å². The SMILES string of the molecule is O=C(Nc1c(-c2cc(F)ccc2F)ccnc1[C@H]1CCC(F)(F)CO1)c1cnc(OCC(F)F)nc1. The number of benzene rings is 1. The van der Waals surface area contributed by atoms with Crippen molar-refractivity contribution < 1.29 is 40.6 Å². The molecule has 36 heavy (non-hydrogen) atoms. The maximum atomic E-state index is 14.6. The summed E-state index contributed by atoms with van der Waals surface area (Å²) in [4.78, 5) is 24.5. The van der Waals surface area contributed by atoms with Gasteiger partial charge in [0.15, 0.2) is 6.61 Å². The van der Waals surface area contributed by atoms with Crippen molar-refractivity contribution in [2.45, 2.75) is 31.3 Å². The van der Waals surface area contributed by atoms with Crippen molar-refractivity contribution in [2.75, 3.05) is 18.5 Å². The largest absolute Gasteiger partial charge is 0.457 e. The molecule has 7 nitrogen and oxygen atoms in total. The Labute approximate surface area is 200 Å². The Balaban J connectivity index is 1.69. The zero-order valence-electron chi connectivity index (χ0n) is 18.4. The first-order valence-electron chi connectivity index (χ1n) is 10.6. The maximum absolute atomic E-state index is 14.6. The fourth-order valence-electron chi connectivity index (χ4n) is 3.55. The highest BCUT2D eigenvalue weighted by atomic mass is 19.3. The predicted octanol–water partition coefficient (Wildman–Crippen LogP) is 5.20. The van der Waals surface area contributed by atoms with Crippen LogP contribution in [0.5, 0.6) is 6.01 Å². The monoisotopic (exact) mass is 512 g/mol. The molecule has 0 bridgehead atoms. The second-order valence-electron chi connectivity index (χ2n) is 7.85. The Morgan fingerprint density at radius 3 is 2.56 bits per heavy atom. The van der Waals surface area contributed by atoms with Gasteiger partial charge in [0.1, 0.15) is 24.3 Å². The number of anilines is 1. The van der Waals surface area contributed by atoms with E-state index in [-0.39, 0.29) is 40.5 Å². The van der Waals surface area contributed by atoms with Gasteiger partial charge in [-0.15, -0.1) is 0 Å². The summed E-state index contributed by atoms with van der Waals surface area (Å²) in [5.41, 5.74) is -0.347. The highest BCUT2D eigenvalue weighted by Gasteiger charge is 2.38. The summed E-state index contributed by atoms with van der Waals surface area (Å²) >= 11 is 0. The van der Waals surface area contributed by atoms with Crippen LogP contribution in [0.3, 0.4) is 0 Å². The molecule has 1 N–H and O–H groups in total. The van der Waals surface area contributed by atoms with Crippen molar-refractivity contribution in [2.24, 2.45) is 0 Å². The summed E-state index contributed by atoms with van der Waals surface area (Å²) < 4.78 is 90.3. The molecule has 0 saturated carbocycles. The van der Waals surface area contributed by atoms with Crippen molar-refractivity contribution in [1.29, 1.82) is 0 Å². The van der Waals surface area contributed by atoms with Gasteiger partial charge in [-0.1, -0.05) is 0 Å². The molecule has 3 aromatic rings. The summed E-state index contributed by atoms with van der Waals surface area (Å²) in [7, 11) is 0. The van der Waals surface area contributed by atoms with Gasteiger partial charge in [0.2, 0.25) is 0 Å². The average Bonchev–Trinajstić information content (AvgIpc) is 2.85. The van der Waals surface area contributed by atoms with E-state index in [2.05, 4.69) is 25.0 Å². The van der Waals surface area contributed by atoms with Gasteiger partial charge in [0.25, 0.3) is 18.3 Å². The van der Waals surface area contributed by atoms with Gasteiger partial charge in [-0.2, -0.15) is 0 Å². The van der Waals surface area contributed by atoms with Gasteiger partial charge in [-0.3, -0.25) is 9.78 Å². The second kappa shape index (κ2) is 10.5. The number of rotatable bonds is 7. The molecule has 0 unspecified atom stereocenters. The lowest BCUT2D eigenvalue weighted by molar-refractivity contribution is -0.146. The number of pyridine rings is 1. The number of carbonyl (C=O) groups excluding carboxylic acids is 1. The summed E-state index contributed by atoms with van der Waals surface area (Å²) in [6.45, 7) is -1.81. The molecule has 4 rings (SSSR count). The van der Waals surface area contributed by atoms with E-state index >= 15 is 0 Å². The highest BCUT2D eigenvalue weighted by molar-refractivity contribution is 6.06. The zero-order valence-corrected chi connectivity index (χ0v) is 18.4. The smallest absolute Gasteiger partial charge is 0.316 e. The third kappa shape index (κ3) is 5.90. The molecule has 0 radical (unpaired) electrons. The number of aromatic nitrogens is 3. The maximum Gasteiger partial charge on any atom is 0.316 e. The first-order chi connectivity index (χ1) is 17.1. The number of hydrogen-bond acceptors (Lipinski definition) is 6. The van der Waals surface area contributed by atoms with E-state index in [4.69, 9.17) is 4.74 Å². The van der Waals surface area contributed by atoms with Crippen molar-refractivity contribution in [3.8, 4) is 17.1 Å². The number of ether oxygens (including phenoxy) is 2. The van der Waals surface area contributed by atoms with Crippen LogP contribution in [0.25, 0.3) is 11.1 Å². The third-order valence-electron chi connectivity index (χ3n) is 5.24. The molecule has 1 saturated heterocycles. The first-order valence-corrected chi connectivity index (χ1v) is 10.6. The molecule has 1 fully saturated rings. The number of hydrogen-bond donors (Lipinski definition) is 1. The minimum atomic E-state index is -3.03. The van der Waals surface area contributed by atoms with Gasteiger partial charge in [0.05, 0.1) is 16.9 Å². The van der Waals surface area contributed by atoms with Crippen LogP contribution in [0.2, 0.25) is 0 Å². The number of nitrogens with one attached hydrogen (secondary N) is 1. The minimum absolute atomic E-state index is 0.0316. The molecule has 3 heterocycles. The molecule has 1 atom stereocenters. The van der Waals surface area contributed by atoms with Crippen LogP contribution in [-0.4, -0.2) is 46.4 Å². The Kier molecular flexibility index (Phi) is 7.38. The number of carbonyl (C=O) groups is 1. The lowest BCUT2D eigenvalue weighted by Gasteiger charge is -2.30. The van der Waals surface area contributed by atoms with E-state index in [0.29, 0.717) is 0 Å². The fraction of sp³-hybridized carbons (Fsp3) is 0.304. The Morgan fingerprint density at radius 2 is 1.89 bits per heavy atom. The Morgan fingerprint density at radius 1 is 1.14 bits per heavy atom. The highest BCUT2D eigenvalue weighted by Crippen LogP contribution is 2.41. The van der Waals surface area contributed by atoms with E-state index in [1.807, 2.05) is 0 Å². The molecule has 1 aliphatic heterocycles. The van der Waals surface area contributed by atoms with E-state index in [1.165, 1.54) is 12.3 Å². The lowest BCUT2D eigenvalue weighted by atomic mass is 9.97. The quantitative estimate of drug-likeness (QED) is 0.438. The number of nitrogens with zero attached hydrogens (tertiary/aromatic N) is 3. The molecule has 190 valence electrons. The molecular weight excluding hydrogens is 494 g/mol. The molecule has 13 heteroatoms. The molecule has 1 aromatic carbocycles. The van der Waals surface area contributed by atoms with Crippen LogP contribution < -0.4 is 10.1 Å². The number of halogens is 6. The van der Waals surface area contributed by atoms with Gasteiger partial charge in [-0.25, -0.2) is 36.3 Å². The van der Waals surface area contributed by atoms with Crippen LogP contribution in [0.4, 0.5) is 32.0 Å². The lowest BCUT2D eigenvalue weighted by Crippen LogP contribution is -2.31. The summed E-state index contributed by atoms with van der Waals surface area (Å²) in [5, 5.41) is 2.53. The average molecular weight is 512 g/mol.